The fourth-order valence-corrected chi connectivity index (χ4v) is 4.93. The van der Waals surface area contributed by atoms with E-state index in [0.717, 1.165) is 0 Å². The monoisotopic (exact) mass is 454 g/mol. The Morgan fingerprint density at radius 3 is 2.25 bits per heavy atom. The molecule has 1 aromatic heterocycles. The van der Waals surface area contributed by atoms with Crippen molar-refractivity contribution in [3.8, 4) is 11.5 Å². The maximum Gasteiger partial charge on any atom is 0.249 e. The summed E-state index contributed by atoms with van der Waals surface area (Å²) < 4.78 is 34.3. The molecule has 2 aromatic carbocycles. The number of nitrogens with zero attached hydrogens (tertiary/aromatic N) is 1. The number of hydrogen-bond donors (Lipinski definition) is 4. The van der Waals surface area contributed by atoms with Gasteiger partial charge in [-0.1, -0.05) is 30.3 Å². The number of nitrogens with one attached hydrogen (secondary N) is 3. The van der Waals surface area contributed by atoms with Gasteiger partial charge in [0.2, 0.25) is 15.9 Å². The SMILES string of the molecule is C[C@@H](NS(=O)(=O)c1ccc(Oc2ccncc2)cc1)[C@@]1(c2ccccc2)NC(O)NC1=O. The van der Waals surface area contributed by atoms with Crippen molar-refractivity contribution >= 4 is 15.9 Å². The highest BCUT2D eigenvalue weighted by Gasteiger charge is 2.52. The van der Waals surface area contributed by atoms with Crippen LogP contribution in [0.5, 0.6) is 11.5 Å². The summed E-state index contributed by atoms with van der Waals surface area (Å²) in [5.74, 6) is 0.500. The average Bonchev–Trinajstić information content (AvgIpc) is 3.10. The summed E-state index contributed by atoms with van der Waals surface area (Å²) in [4.78, 5) is 16.7. The van der Waals surface area contributed by atoms with Crippen LogP contribution < -0.4 is 20.1 Å². The highest BCUT2D eigenvalue weighted by molar-refractivity contribution is 7.89. The summed E-state index contributed by atoms with van der Waals surface area (Å²) in [6.45, 7) is 1.57. The molecule has 0 radical (unpaired) electrons. The number of ether oxygens (including phenoxy) is 1. The third-order valence-electron chi connectivity index (χ3n) is 5.22. The van der Waals surface area contributed by atoms with Gasteiger partial charge in [0.15, 0.2) is 6.35 Å². The zero-order valence-electron chi connectivity index (χ0n) is 17.1. The van der Waals surface area contributed by atoms with E-state index < -0.39 is 33.9 Å². The Labute approximate surface area is 185 Å². The van der Waals surface area contributed by atoms with Gasteiger partial charge in [0.25, 0.3) is 0 Å². The van der Waals surface area contributed by atoms with Crippen molar-refractivity contribution in [2.24, 2.45) is 0 Å². The van der Waals surface area contributed by atoms with Gasteiger partial charge in [-0.2, -0.15) is 0 Å². The molecule has 0 bridgehead atoms. The number of hydrogen-bond acceptors (Lipinski definition) is 7. The zero-order valence-corrected chi connectivity index (χ0v) is 17.9. The third kappa shape index (κ3) is 4.21. The molecule has 1 aliphatic rings. The minimum Gasteiger partial charge on any atom is -0.457 e. The molecule has 32 heavy (non-hydrogen) atoms. The topological polar surface area (TPSA) is 130 Å². The first kappa shape index (κ1) is 21.9. The Morgan fingerprint density at radius 2 is 1.66 bits per heavy atom. The lowest BCUT2D eigenvalue weighted by Crippen LogP contribution is -2.59. The first-order valence-corrected chi connectivity index (χ1v) is 11.3. The highest BCUT2D eigenvalue weighted by Crippen LogP contribution is 2.31. The van der Waals surface area contributed by atoms with Gasteiger partial charge in [0.05, 0.1) is 10.9 Å². The lowest BCUT2D eigenvalue weighted by Gasteiger charge is -2.33. The lowest BCUT2D eigenvalue weighted by atomic mass is 9.84. The van der Waals surface area contributed by atoms with Crippen LogP contribution in [0.3, 0.4) is 0 Å². The maximum atomic E-state index is 13.0. The van der Waals surface area contributed by atoms with E-state index in [1.807, 2.05) is 0 Å². The molecule has 1 fully saturated rings. The predicted octanol–water partition coefficient (Wildman–Crippen LogP) is 1.43. The van der Waals surface area contributed by atoms with Crippen LogP contribution in [0.2, 0.25) is 0 Å². The van der Waals surface area contributed by atoms with Crippen molar-refractivity contribution < 1.29 is 23.1 Å². The summed E-state index contributed by atoms with van der Waals surface area (Å²) in [6.07, 6.45) is 1.87. The van der Waals surface area contributed by atoms with Crippen LogP contribution in [-0.4, -0.2) is 36.8 Å². The third-order valence-corrected chi connectivity index (χ3v) is 6.78. The number of aliphatic hydroxyl groups excluding tert-OH is 1. The van der Waals surface area contributed by atoms with Gasteiger partial charge in [-0.3, -0.25) is 15.1 Å². The average molecular weight is 455 g/mol. The number of aromatic nitrogens is 1. The normalized spacial score (nSPS) is 21.7. The molecule has 10 heteroatoms. The first-order chi connectivity index (χ1) is 15.3. The Bertz CT molecular complexity index is 1190. The van der Waals surface area contributed by atoms with Gasteiger partial charge in [0.1, 0.15) is 17.0 Å². The van der Waals surface area contributed by atoms with E-state index in [1.165, 1.54) is 24.3 Å². The van der Waals surface area contributed by atoms with E-state index >= 15 is 0 Å². The number of benzene rings is 2. The molecule has 3 atom stereocenters. The molecule has 0 aliphatic carbocycles. The van der Waals surface area contributed by atoms with Gasteiger partial charge in [-0.15, -0.1) is 0 Å². The molecule has 0 spiro atoms. The van der Waals surface area contributed by atoms with Crippen molar-refractivity contribution in [1.82, 2.24) is 20.3 Å². The fraction of sp³-hybridized carbons (Fsp3) is 0.182. The van der Waals surface area contributed by atoms with E-state index in [-0.39, 0.29) is 4.90 Å². The smallest absolute Gasteiger partial charge is 0.249 e. The molecule has 166 valence electrons. The number of carbonyl (C=O) groups excluding carboxylic acids is 1. The van der Waals surface area contributed by atoms with Crippen LogP contribution in [0, 0.1) is 0 Å². The van der Waals surface area contributed by atoms with Gasteiger partial charge in [0, 0.05) is 12.4 Å². The molecular weight excluding hydrogens is 432 g/mol. The molecule has 4 N–H and O–H groups in total. The second-order valence-corrected chi connectivity index (χ2v) is 9.01. The van der Waals surface area contributed by atoms with Crippen LogP contribution in [0.4, 0.5) is 0 Å². The summed E-state index contributed by atoms with van der Waals surface area (Å²) in [5, 5.41) is 15.2. The van der Waals surface area contributed by atoms with Crippen molar-refractivity contribution in [3.05, 3.63) is 84.7 Å². The van der Waals surface area contributed by atoms with Crippen molar-refractivity contribution in [3.63, 3.8) is 0 Å². The quantitative estimate of drug-likeness (QED) is 0.425. The Hall–Kier alpha value is -3.31. The summed E-state index contributed by atoms with van der Waals surface area (Å²) in [6, 6.07) is 17.0. The Kier molecular flexibility index (Phi) is 5.94. The van der Waals surface area contributed by atoms with E-state index in [9.17, 15) is 18.3 Å². The highest BCUT2D eigenvalue weighted by atomic mass is 32.2. The lowest BCUT2D eigenvalue weighted by molar-refractivity contribution is -0.125. The van der Waals surface area contributed by atoms with E-state index in [1.54, 1.807) is 61.8 Å². The van der Waals surface area contributed by atoms with E-state index in [4.69, 9.17) is 4.74 Å². The molecule has 1 unspecified atom stereocenters. The molecule has 1 amide bonds. The van der Waals surface area contributed by atoms with Crippen molar-refractivity contribution in [1.29, 1.82) is 0 Å². The number of rotatable bonds is 7. The van der Waals surface area contributed by atoms with Crippen LogP contribution in [-0.2, 0) is 20.4 Å². The van der Waals surface area contributed by atoms with Crippen molar-refractivity contribution in [2.75, 3.05) is 0 Å². The van der Waals surface area contributed by atoms with E-state index in [0.29, 0.717) is 17.1 Å². The fourth-order valence-electron chi connectivity index (χ4n) is 3.66. The number of aliphatic hydroxyl groups is 1. The summed E-state index contributed by atoms with van der Waals surface area (Å²) in [7, 11) is -3.99. The Balaban J connectivity index is 1.57. The predicted molar refractivity (Wildman–Crippen MR) is 116 cm³/mol. The standard InChI is InChI=1S/C22H22N4O5S/c1-15(22(16-5-3-2-4-6-16)20(27)24-21(28)25-22)26-32(29,30)19-9-7-17(8-10-19)31-18-11-13-23-14-12-18/h2-15,21,25-26,28H,1H3,(H,24,27)/t15-,21?,22+/m1/s1. The number of sulfonamides is 1. The second-order valence-electron chi connectivity index (χ2n) is 7.29. The zero-order chi connectivity index (χ0) is 22.8. The Morgan fingerprint density at radius 1 is 1.03 bits per heavy atom. The van der Waals surface area contributed by atoms with Gasteiger partial charge >= 0.3 is 0 Å². The number of amides is 1. The van der Waals surface area contributed by atoms with Gasteiger partial charge in [-0.05, 0) is 48.9 Å². The first-order valence-electron chi connectivity index (χ1n) is 9.84. The minimum atomic E-state index is -3.99. The van der Waals surface area contributed by atoms with Crippen LogP contribution in [0.25, 0.3) is 0 Å². The summed E-state index contributed by atoms with van der Waals surface area (Å²) in [5.41, 5.74) is -0.969. The molecule has 0 saturated carbocycles. The number of carbonyl (C=O) groups is 1. The second kappa shape index (κ2) is 8.67. The molecule has 3 aromatic rings. The molecule has 4 rings (SSSR count). The molecule has 1 aliphatic heterocycles. The van der Waals surface area contributed by atoms with Crippen molar-refractivity contribution in [2.45, 2.75) is 29.8 Å². The summed E-state index contributed by atoms with van der Waals surface area (Å²) >= 11 is 0. The maximum absolute atomic E-state index is 13.0. The largest absolute Gasteiger partial charge is 0.457 e. The van der Waals surface area contributed by atoms with Crippen LogP contribution in [0.15, 0.2) is 84.0 Å². The molecular formula is C22H22N4O5S. The number of pyridine rings is 1. The van der Waals surface area contributed by atoms with E-state index in [2.05, 4.69) is 20.3 Å². The van der Waals surface area contributed by atoms with Crippen LogP contribution >= 0.6 is 0 Å². The van der Waals surface area contributed by atoms with Crippen LogP contribution in [0.1, 0.15) is 12.5 Å². The van der Waals surface area contributed by atoms with Gasteiger partial charge in [-0.25, -0.2) is 13.1 Å². The minimum absolute atomic E-state index is 0.00796. The molecule has 2 heterocycles. The molecule has 9 nitrogen and oxygen atoms in total. The molecule has 1 saturated heterocycles. The van der Waals surface area contributed by atoms with Gasteiger partial charge < -0.3 is 15.2 Å².